The monoisotopic (exact) mass is 720 g/mol. The second kappa shape index (κ2) is 16.0. The maximum atomic E-state index is 11.1. The molecule has 0 aromatic carbocycles. The molecule has 5 fully saturated rings. The molecule has 0 aliphatic carbocycles. The molecule has 286 valence electrons. The van der Waals surface area contributed by atoms with Crippen LogP contribution in [-0.2, 0) is 42.6 Å². The van der Waals surface area contributed by atoms with Gasteiger partial charge in [0.15, 0.2) is 31.5 Å². The molecule has 23 atom stereocenters. The Hall–Kier alpha value is -0.840. The van der Waals surface area contributed by atoms with Crippen LogP contribution in [0.25, 0.3) is 0 Å². The normalized spacial score (nSPS) is 56.0. The third kappa shape index (κ3) is 8.07. The van der Waals surface area contributed by atoms with Crippen molar-refractivity contribution in [1.82, 2.24) is 0 Å². The van der Waals surface area contributed by atoms with E-state index in [2.05, 4.69) is 0 Å². The molecule has 0 unspecified atom stereocenters. The van der Waals surface area contributed by atoms with E-state index in [1.54, 1.807) is 0 Å². The zero-order valence-electron chi connectivity index (χ0n) is 26.7. The van der Waals surface area contributed by atoms with E-state index in [1.165, 1.54) is 20.8 Å². The smallest absolute Gasteiger partial charge is 0.187 e. The first-order valence-electron chi connectivity index (χ1n) is 16.0. The number of aliphatic hydroxyl groups is 12. The van der Waals surface area contributed by atoms with E-state index >= 15 is 0 Å². The Bertz CT molecular complexity index is 1060. The van der Waals surface area contributed by atoms with E-state index in [4.69, 9.17) is 42.6 Å². The van der Waals surface area contributed by atoms with Crippen LogP contribution < -0.4 is 0 Å². The summed E-state index contributed by atoms with van der Waals surface area (Å²) >= 11 is 0. The molecule has 0 spiro atoms. The van der Waals surface area contributed by atoms with Crippen molar-refractivity contribution in [3.05, 3.63) is 0 Å². The van der Waals surface area contributed by atoms with Crippen molar-refractivity contribution >= 4 is 0 Å². The number of ether oxygens (including phenoxy) is 9. The van der Waals surface area contributed by atoms with E-state index in [-0.39, 0.29) is 0 Å². The summed E-state index contributed by atoms with van der Waals surface area (Å²) in [6, 6.07) is 0. The van der Waals surface area contributed by atoms with E-state index in [1.807, 2.05) is 0 Å². The Kier molecular flexibility index (Phi) is 12.9. The first-order valence-corrected chi connectivity index (χ1v) is 16.0. The highest BCUT2D eigenvalue weighted by Crippen LogP contribution is 2.34. The fourth-order valence-corrected chi connectivity index (χ4v) is 6.31. The van der Waals surface area contributed by atoms with E-state index < -0.39 is 155 Å². The van der Waals surface area contributed by atoms with Gasteiger partial charge in [0.2, 0.25) is 0 Å². The molecular formula is C28H48O21. The lowest BCUT2D eigenvalue weighted by Crippen LogP contribution is -2.66. The molecule has 0 bridgehead atoms. The van der Waals surface area contributed by atoms with Gasteiger partial charge in [-0.15, -0.1) is 0 Å². The standard InChI is InChI=1S/C28H48O21/c1-6-11(31)14(34)17(37)27(44-6)48-22-12(32)7(2)43-24(40)23(22)49-28-18(38)15(35)20(8(3)45-28)46-26-19(39)21(10(30)5-42-26)47-25-16(36)13(33)9(29)4-41-25/h6-40H,4-5H2,1-3H3/t6-,7+,8-,9+,10+,11-,12+,13-,14+,15-,16+,17+,18+,19+,20-,21-,22-,23+,24+,25-,26-,27-,28-/m0/s1. The fraction of sp³-hybridized carbons (Fsp3) is 1.00. The van der Waals surface area contributed by atoms with Gasteiger partial charge in [-0.2, -0.15) is 0 Å². The van der Waals surface area contributed by atoms with Crippen LogP contribution in [0.15, 0.2) is 0 Å². The summed E-state index contributed by atoms with van der Waals surface area (Å²) in [5.74, 6) is 0. The average molecular weight is 721 g/mol. The van der Waals surface area contributed by atoms with Gasteiger partial charge in [0.25, 0.3) is 0 Å². The Morgan fingerprint density at radius 3 is 1.49 bits per heavy atom. The summed E-state index contributed by atoms with van der Waals surface area (Å²) in [7, 11) is 0. The molecule has 49 heavy (non-hydrogen) atoms. The lowest BCUT2D eigenvalue weighted by atomic mass is 9.96. The summed E-state index contributed by atoms with van der Waals surface area (Å²) < 4.78 is 49.9. The van der Waals surface area contributed by atoms with Crippen LogP contribution in [0, 0.1) is 0 Å². The van der Waals surface area contributed by atoms with Crippen LogP contribution in [0.2, 0.25) is 0 Å². The van der Waals surface area contributed by atoms with Crippen molar-refractivity contribution in [3.8, 4) is 0 Å². The van der Waals surface area contributed by atoms with Gasteiger partial charge in [-0.3, -0.25) is 0 Å². The van der Waals surface area contributed by atoms with Gasteiger partial charge in [0, 0.05) is 0 Å². The van der Waals surface area contributed by atoms with Crippen molar-refractivity contribution in [1.29, 1.82) is 0 Å². The van der Waals surface area contributed by atoms with Crippen LogP contribution in [0.5, 0.6) is 0 Å². The third-order valence-corrected chi connectivity index (χ3v) is 9.41. The van der Waals surface area contributed by atoms with Crippen molar-refractivity contribution in [2.24, 2.45) is 0 Å². The molecule has 21 nitrogen and oxygen atoms in total. The first-order chi connectivity index (χ1) is 23.0. The lowest BCUT2D eigenvalue weighted by molar-refractivity contribution is -0.391. The van der Waals surface area contributed by atoms with E-state index in [0.717, 1.165) is 0 Å². The predicted octanol–water partition coefficient (Wildman–Crippen LogP) is -7.56. The first kappa shape index (κ1) is 39.4. The number of hydrogen-bond donors (Lipinski definition) is 12. The van der Waals surface area contributed by atoms with Gasteiger partial charge < -0.3 is 104 Å². The average Bonchev–Trinajstić information content (AvgIpc) is 3.06. The molecule has 5 aliphatic rings. The van der Waals surface area contributed by atoms with Crippen LogP contribution in [0.4, 0.5) is 0 Å². The van der Waals surface area contributed by atoms with Gasteiger partial charge in [0.05, 0.1) is 31.5 Å². The SMILES string of the molecule is C[C@@H]1O[C@@H](O[C@H]2[C@H](O)[C@@H](C)O[C@@H](O)[C@@H]2O[C@@H]2O[C@@H](C)[C@H](O[C@@H]3OC[C@@H](O)[C@H](O[C@@H]4OC[C@@H](O)[C@H](O)[C@H]4O)[C@H]3O)[C@@H](O)[C@H]2O)[C@H](O)[C@H](O)[C@H]1O. The van der Waals surface area contributed by atoms with Crippen molar-refractivity contribution < 1.29 is 104 Å². The largest absolute Gasteiger partial charge is 0.388 e. The summed E-state index contributed by atoms with van der Waals surface area (Å²) in [6.07, 6.45) is -35.6. The van der Waals surface area contributed by atoms with Gasteiger partial charge in [-0.05, 0) is 20.8 Å². The molecule has 0 aromatic heterocycles. The summed E-state index contributed by atoms with van der Waals surface area (Å²) in [5.41, 5.74) is 0. The molecule has 5 rings (SSSR count). The number of rotatable bonds is 8. The lowest BCUT2D eigenvalue weighted by Gasteiger charge is -2.48. The summed E-state index contributed by atoms with van der Waals surface area (Å²) in [5, 5.41) is 126. The molecule has 12 N–H and O–H groups in total. The molecule has 0 aromatic rings. The van der Waals surface area contributed by atoms with Crippen molar-refractivity contribution in [2.45, 2.75) is 162 Å². The zero-order valence-corrected chi connectivity index (χ0v) is 26.7. The summed E-state index contributed by atoms with van der Waals surface area (Å²) in [6.45, 7) is 3.37. The minimum atomic E-state index is -1.91. The molecule has 21 heteroatoms. The van der Waals surface area contributed by atoms with Gasteiger partial charge in [-0.1, -0.05) is 0 Å². The molecule has 0 saturated carbocycles. The fourth-order valence-electron chi connectivity index (χ4n) is 6.31. The second-order valence-corrected chi connectivity index (χ2v) is 13.0. The molecular weight excluding hydrogens is 672 g/mol. The van der Waals surface area contributed by atoms with Crippen LogP contribution in [-0.4, -0.2) is 216 Å². The second-order valence-electron chi connectivity index (χ2n) is 13.0. The minimum Gasteiger partial charge on any atom is -0.388 e. The molecule has 5 aliphatic heterocycles. The van der Waals surface area contributed by atoms with Gasteiger partial charge in [0.1, 0.15) is 91.6 Å². The van der Waals surface area contributed by atoms with Crippen molar-refractivity contribution in [3.63, 3.8) is 0 Å². The number of hydrogen-bond acceptors (Lipinski definition) is 21. The minimum absolute atomic E-state index is 0.403. The zero-order chi connectivity index (χ0) is 36.1. The maximum absolute atomic E-state index is 11.1. The Morgan fingerprint density at radius 1 is 0.367 bits per heavy atom. The molecule has 5 heterocycles. The number of aliphatic hydroxyl groups excluding tert-OH is 12. The summed E-state index contributed by atoms with van der Waals surface area (Å²) in [4.78, 5) is 0. The van der Waals surface area contributed by atoms with Gasteiger partial charge >= 0.3 is 0 Å². The van der Waals surface area contributed by atoms with E-state index in [0.29, 0.717) is 0 Å². The highest BCUT2D eigenvalue weighted by atomic mass is 16.8. The third-order valence-electron chi connectivity index (χ3n) is 9.41. The predicted molar refractivity (Wildman–Crippen MR) is 150 cm³/mol. The molecule has 5 saturated heterocycles. The maximum Gasteiger partial charge on any atom is 0.187 e. The van der Waals surface area contributed by atoms with Crippen LogP contribution in [0.1, 0.15) is 20.8 Å². The van der Waals surface area contributed by atoms with Crippen LogP contribution >= 0.6 is 0 Å². The highest BCUT2D eigenvalue weighted by Gasteiger charge is 2.54. The van der Waals surface area contributed by atoms with Crippen molar-refractivity contribution in [2.75, 3.05) is 13.2 Å². The molecule has 0 radical (unpaired) electrons. The topological polar surface area (TPSA) is 326 Å². The Labute approximate surface area is 279 Å². The Morgan fingerprint density at radius 2 is 0.837 bits per heavy atom. The quantitative estimate of drug-likeness (QED) is 0.111. The van der Waals surface area contributed by atoms with E-state index in [9.17, 15) is 61.3 Å². The Balaban J connectivity index is 1.23. The molecule has 0 amide bonds. The highest BCUT2D eigenvalue weighted by molar-refractivity contribution is 4.96. The van der Waals surface area contributed by atoms with Crippen LogP contribution in [0.3, 0.4) is 0 Å². The van der Waals surface area contributed by atoms with Gasteiger partial charge in [-0.25, -0.2) is 0 Å².